The highest BCUT2D eigenvalue weighted by Gasteiger charge is 2.50. The summed E-state index contributed by atoms with van der Waals surface area (Å²) in [6, 6.07) is 4.60. The average Bonchev–Trinajstić information content (AvgIpc) is 3.58. The molecule has 246 valence electrons. The molecule has 4 aliphatic rings. The number of ether oxygens (including phenoxy) is 4. The number of esters is 1. The van der Waals surface area contributed by atoms with Crippen LogP contribution in [0.5, 0.6) is 17.2 Å². The number of phenols is 2. The molecule has 0 radical (unpaired) electrons. The zero-order valence-corrected chi connectivity index (χ0v) is 25.7. The number of likely N-dealkylation sites (tertiary alicyclic amines) is 1. The highest BCUT2D eigenvalue weighted by molar-refractivity contribution is 6.31. The summed E-state index contributed by atoms with van der Waals surface area (Å²) in [6.45, 7) is 2.56. The number of aromatic hydroxyl groups is 2. The van der Waals surface area contributed by atoms with Crippen molar-refractivity contribution in [1.29, 1.82) is 0 Å². The van der Waals surface area contributed by atoms with Crippen LogP contribution in [0.3, 0.4) is 0 Å². The third-order valence-electron chi connectivity index (χ3n) is 9.55. The molecule has 0 amide bonds. The molecule has 6 rings (SSSR count). The first kappa shape index (κ1) is 32.1. The summed E-state index contributed by atoms with van der Waals surface area (Å²) in [5, 5.41) is 35.2. The minimum atomic E-state index is -2.25. The molecule has 2 fully saturated rings. The van der Waals surface area contributed by atoms with E-state index < -0.39 is 89.9 Å². The lowest BCUT2D eigenvalue weighted by molar-refractivity contribution is -0.233. The maximum absolute atomic E-state index is 13.9. The predicted molar refractivity (Wildman–Crippen MR) is 160 cm³/mol. The first-order chi connectivity index (χ1) is 22.0. The fourth-order valence-electron chi connectivity index (χ4n) is 7.33. The fraction of sp³-hybridized carbons (Fsp3) is 0.515. The molecule has 0 aromatic heterocycles. The fourth-order valence-corrected chi connectivity index (χ4v) is 7.33. The van der Waals surface area contributed by atoms with Gasteiger partial charge in [-0.05, 0) is 45.3 Å². The minimum absolute atomic E-state index is 0.0345. The molecule has 0 bridgehead atoms. The number of ketones is 3. The molecule has 2 saturated heterocycles. The van der Waals surface area contributed by atoms with E-state index >= 15 is 0 Å². The van der Waals surface area contributed by atoms with Crippen LogP contribution in [-0.4, -0.2) is 101 Å². The van der Waals surface area contributed by atoms with Crippen LogP contribution in [0.15, 0.2) is 18.2 Å². The lowest BCUT2D eigenvalue weighted by Gasteiger charge is -2.43. The summed E-state index contributed by atoms with van der Waals surface area (Å²) in [4.78, 5) is 55.1. The van der Waals surface area contributed by atoms with Crippen LogP contribution < -0.4 is 10.5 Å². The Morgan fingerprint density at radius 2 is 1.78 bits per heavy atom. The Bertz CT molecular complexity index is 1600. The first-order valence-electron chi connectivity index (χ1n) is 15.5. The Balaban J connectivity index is 1.44. The number of benzene rings is 2. The zero-order valence-electron chi connectivity index (χ0n) is 25.7. The van der Waals surface area contributed by atoms with Crippen molar-refractivity contribution in [2.75, 3.05) is 33.4 Å². The Hall–Kier alpha value is -3.88. The number of Topliss-reactive ketones (excluding diaryl/α,β-unsaturated/α-hetero) is 1. The predicted octanol–water partition coefficient (Wildman–Crippen LogP) is 1.68. The van der Waals surface area contributed by atoms with Gasteiger partial charge in [0.25, 0.3) is 0 Å². The van der Waals surface area contributed by atoms with Crippen molar-refractivity contribution in [3.05, 3.63) is 51.6 Å². The highest BCUT2D eigenvalue weighted by atomic mass is 16.7. The summed E-state index contributed by atoms with van der Waals surface area (Å²) in [6.07, 6.45) is 0.188. The van der Waals surface area contributed by atoms with Gasteiger partial charge in [0.2, 0.25) is 11.6 Å². The first-order valence-corrected chi connectivity index (χ1v) is 15.5. The maximum atomic E-state index is 13.9. The Morgan fingerprint density at radius 3 is 2.48 bits per heavy atom. The molecule has 13 nitrogen and oxygen atoms in total. The second-order valence-electron chi connectivity index (χ2n) is 12.5. The van der Waals surface area contributed by atoms with E-state index in [0.29, 0.717) is 6.42 Å². The monoisotopic (exact) mass is 638 g/mol. The van der Waals surface area contributed by atoms with Gasteiger partial charge in [-0.3, -0.25) is 19.2 Å². The van der Waals surface area contributed by atoms with Gasteiger partial charge in [-0.25, -0.2) is 0 Å². The van der Waals surface area contributed by atoms with E-state index in [1.807, 2.05) is 6.92 Å². The maximum Gasteiger partial charge on any atom is 0.320 e. The van der Waals surface area contributed by atoms with Crippen molar-refractivity contribution in [3.63, 3.8) is 0 Å². The molecule has 0 saturated carbocycles. The molecular formula is C33H38N2O11. The van der Waals surface area contributed by atoms with E-state index in [1.54, 1.807) is 0 Å². The normalized spacial score (nSPS) is 27.5. The van der Waals surface area contributed by atoms with Gasteiger partial charge in [0.1, 0.15) is 22.8 Å². The number of hydrogen-bond donors (Lipinski definition) is 4. The molecule has 2 aliphatic carbocycles. The van der Waals surface area contributed by atoms with Gasteiger partial charge < -0.3 is 44.9 Å². The van der Waals surface area contributed by atoms with Crippen LogP contribution in [-0.2, 0) is 30.2 Å². The topological polar surface area (TPSA) is 195 Å². The number of fused-ring (bicyclic) bond motifs is 3. The van der Waals surface area contributed by atoms with Gasteiger partial charge in [-0.1, -0.05) is 12.1 Å². The van der Waals surface area contributed by atoms with E-state index in [-0.39, 0.29) is 40.1 Å². The van der Waals surface area contributed by atoms with E-state index in [9.17, 15) is 34.5 Å². The molecule has 2 heterocycles. The van der Waals surface area contributed by atoms with Crippen LogP contribution in [0.2, 0.25) is 0 Å². The number of carbonyl (C=O) groups excluding carboxylic acids is 4. The molecule has 0 unspecified atom stereocenters. The second-order valence-corrected chi connectivity index (χ2v) is 12.5. The number of phenolic OH excluding ortho intramolecular Hbond substituents is 2. The summed E-state index contributed by atoms with van der Waals surface area (Å²) in [5.41, 5.74) is 1.90. The number of nitrogens with two attached hydrogens (primary N) is 1. The number of carbonyl (C=O) groups is 4. The van der Waals surface area contributed by atoms with Crippen molar-refractivity contribution in [2.24, 2.45) is 5.73 Å². The van der Waals surface area contributed by atoms with Gasteiger partial charge in [0.15, 0.2) is 18.7 Å². The van der Waals surface area contributed by atoms with Gasteiger partial charge in [0, 0.05) is 42.0 Å². The van der Waals surface area contributed by atoms with E-state index in [4.69, 9.17) is 24.7 Å². The van der Waals surface area contributed by atoms with Crippen LogP contribution in [0, 0.1) is 0 Å². The van der Waals surface area contributed by atoms with Crippen molar-refractivity contribution in [3.8, 4) is 17.2 Å². The number of hydrogen-bond acceptors (Lipinski definition) is 13. The van der Waals surface area contributed by atoms with E-state index in [1.165, 1.54) is 25.3 Å². The number of aliphatic hydroxyl groups is 1. The molecular weight excluding hydrogens is 600 g/mol. The molecule has 5 N–H and O–H groups in total. The lowest BCUT2D eigenvalue weighted by Crippen LogP contribution is -2.49. The SMILES string of the molecule is COc1cccc2c1C(=O)c1c(O)c3c(c(O)c1C2=O)C[C@@](O)(C(=O)COC(=O)CN)C[C@@H]3O[C@H]1C[C@H](N2CCCC2)C[C@H](C)O1. The van der Waals surface area contributed by atoms with Crippen LogP contribution in [0.25, 0.3) is 0 Å². The van der Waals surface area contributed by atoms with Gasteiger partial charge >= 0.3 is 5.97 Å². The second kappa shape index (κ2) is 12.4. The number of rotatable bonds is 8. The number of methoxy groups -OCH3 is 1. The third-order valence-corrected chi connectivity index (χ3v) is 9.55. The smallest absolute Gasteiger partial charge is 0.320 e. The summed E-state index contributed by atoms with van der Waals surface area (Å²) in [5.74, 6) is -4.38. The Labute approximate surface area is 265 Å². The van der Waals surface area contributed by atoms with Crippen LogP contribution >= 0.6 is 0 Å². The Kier molecular flexibility index (Phi) is 8.63. The molecule has 2 aromatic carbocycles. The molecule has 2 aliphatic heterocycles. The quantitative estimate of drug-likeness (QED) is 0.206. The average molecular weight is 639 g/mol. The summed E-state index contributed by atoms with van der Waals surface area (Å²) < 4.78 is 22.8. The van der Waals surface area contributed by atoms with Crippen molar-refractivity contribution in [2.45, 2.75) is 75.6 Å². The van der Waals surface area contributed by atoms with Crippen molar-refractivity contribution in [1.82, 2.24) is 4.90 Å². The van der Waals surface area contributed by atoms with Gasteiger partial charge in [0.05, 0.1) is 42.6 Å². The van der Waals surface area contributed by atoms with Crippen LogP contribution in [0.1, 0.15) is 88.1 Å². The molecule has 5 atom stereocenters. The molecule has 2 aromatic rings. The minimum Gasteiger partial charge on any atom is -0.507 e. The van der Waals surface area contributed by atoms with Crippen LogP contribution in [0.4, 0.5) is 0 Å². The summed E-state index contributed by atoms with van der Waals surface area (Å²) in [7, 11) is 1.35. The van der Waals surface area contributed by atoms with Gasteiger partial charge in [-0.2, -0.15) is 0 Å². The van der Waals surface area contributed by atoms with E-state index in [2.05, 4.69) is 4.90 Å². The van der Waals surface area contributed by atoms with Crippen molar-refractivity contribution >= 4 is 23.3 Å². The van der Waals surface area contributed by atoms with E-state index in [0.717, 1.165) is 32.4 Å². The summed E-state index contributed by atoms with van der Waals surface area (Å²) >= 11 is 0. The zero-order chi connectivity index (χ0) is 32.9. The van der Waals surface area contributed by atoms with Crippen molar-refractivity contribution < 1.29 is 53.4 Å². The Morgan fingerprint density at radius 1 is 1.07 bits per heavy atom. The van der Waals surface area contributed by atoms with Gasteiger partial charge in [-0.15, -0.1) is 0 Å². The third kappa shape index (κ3) is 5.45. The largest absolute Gasteiger partial charge is 0.507 e. The molecule has 0 spiro atoms. The molecule has 46 heavy (non-hydrogen) atoms. The number of nitrogens with zero attached hydrogens (tertiary/aromatic N) is 1. The molecule has 13 heteroatoms. The lowest BCUT2D eigenvalue weighted by atomic mass is 9.72. The standard InChI is InChI=1S/C33H38N2O11/c1-16-10-17(35-8-3-4-9-35)11-24(45-16)46-21-13-33(42,22(36)15-44-23(37)14-34)12-19-26(21)32(41)28-27(30(19)39)29(38)18-6-5-7-20(43-2)25(18)31(28)40/h5-7,16-17,21,24,39,41-42H,3-4,8-15,34H2,1-2H3/t16-,17+,21-,24-,33-/m0/s1. The highest BCUT2D eigenvalue weighted by Crippen LogP contribution is 2.52.